The smallest absolute Gasteiger partial charge is 0.0233 e. The summed E-state index contributed by atoms with van der Waals surface area (Å²) in [4.78, 5) is 0. The Kier molecular flexibility index (Phi) is 1.50. The zero-order valence-corrected chi connectivity index (χ0v) is 4.85. The summed E-state index contributed by atoms with van der Waals surface area (Å²) in [5.74, 6) is 0.972. The molecule has 0 aromatic heterocycles. The van der Waals surface area contributed by atoms with E-state index in [0.717, 1.165) is 5.92 Å². The molecule has 0 radical (unpaired) electrons. The molecule has 1 saturated carbocycles. The molecule has 0 aromatic carbocycles. The van der Waals surface area contributed by atoms with Gasteiger partial charge in [-0.15, -0.1) is 0 Å². The zero-order chi connectivity index (χ0) is 5.11. The highest BCUT2D eigenvalue weighted by molar-refractivity contribution is 4.94. The topological polar surface area (TPSA) is 0 Å². The summed E-state index contributed by atoms with van der Waals surface area (Å²) >= 11 is 0. The van der Waals surface area contributed by atoms with Crippen molar-refractivity contribution in [2.45, 2.75) is 26.2 Å². The van der Waals surface area contributed by atoms with Crippen LogP contribution in [0.2, 0.25) is 0 Å². The van der Waals surface area contributed by atoms with E-state index in [2.05, 4.69) is 19.1 Å². The van der Waals surface area contributed by atoms with Gasteiger partial charge in [-0.1, -0.05) is 19.1 Å². The van der Waals surface area contributed by atoms with Crippen molar-refractivity contribution >= 4 is 0 Å². The zero-order valence-electron chi connectivity index (χ0n) is 4.85. The van der Waals surface area contributed by atoms with E-state index in [1.165, 1.54) is 19.3 Å². The third kappa shape index (κ3) is 1.77. The number of allylic oxidation sites excluding steroid dienone is 2. The van der Waals surface area contributed by atoms with Crippen molar-refractivity contribution in [3.63, 3.8) is 0 Å². The Labute approximate surface area is 45.2 Å². The van der Waals surface area contributed by atoms with Gasteiger partial charge in [-0.25, -0.2) is 0 Å². The molecule has 0 spiro atoms. The van der Waals surface area contributed by atoms with Gasteiger partial charge in [-0.05, 0) is 25.2 Å². The molecule has 0 unspecified atom stereocenters. The highest BCUT2D eigenvalue weighted by atomic mass is 14.2. The van der Waals surface area contributed by atoms with Gasteiger partial charge in [-0.2, -0.15) is 0 Å². The van der Waals surface area contributed by atoms with Gasteiger partial charge in [0.2, 0.25) is 0 Å². The first kappa shape index (κ1) is 4.89. The van der Waals surface area contributed by atoms with Crippen LogP contribution >= 0.6 is 0 Å². The second-order valence-corrected chi connectivity index (χ2v) is 2.17. The standard InChI is InChI=1S/C7H12/c1-2-3-4-7-5-6-7/h3-4,7H,2,5-6H2,1H3. The minimum atomic E-state index is 0.972. The van der Waals surface area contributed by atoms with E-state index in [-0.39, 0.29) is 0 Å². The van der Waals surface area contributed by atoms with Gasteiger partial charge < -0.3 is 0 Å². The molecule has 1 aliphatic rings. The molecule has 0 amide bonds. The molecule has 1 aliphatic carbocycles. The van der Waals surface area contributed by atoms with E-state index in [0.29, 0.717) is 0 Å². The first-order chi connectivity index (χ1) is 3.43. The van der Waals surface area contributed by atoms with Crippen LogP contribution in [0.5, 0.6) is 0 Å². The highest BCUT2D eigenvalue weighted by Gasteiger charge is 2.16. The lowest BCUT2D eigenvalue weighted by molar-refractivity contribution is 1.09. The average Bonchev–Trinajstić information content (AvgIpc) is 2.42. The second kappa shape index (κ2) is 2.15. The van der Waals surface area contributed by atoms with Gasteiger partial charge in [0.25, 0.3) is 0 Å². The molecule has 0 bridgehead atoms. The second-order valence-electron chi connectivity index (χ2n) is 2.17. The van der Waals surface area contributed by atoms with E-state index < -0.39 is 0 Å². The van der Waals surface area contributed by atoms with Crippen LogP contribution in [0.4, 0.5) is 0 Å². The quantitative estimate of drug-likeness (QED) is 0.463. The van der Waals surface area contributed by atoms with Gasteiger partial charge in [0, 0.05) is 0 Å². The summed E-state index contributed by atoms with van der Waals surface area (Å²) in [6.45, 7) is 2.18. The van der Waals surface area contributed by atoms with Crippen molar-refractivity contribution in [2.75, 3.05) is 0 Å². The Morgan fingerprint density at radius 2 is 2.29 bits per heavy atom. The van der Waals surface area contributed by atoms with Crippen LogP contribution in [0.1, 0.15) is 26.2 Å². The summed E-state index contributed by atoms with van der Waals surface area (Å²) in [6, 6.07) is 0. The molecule has 1 rings (SSSR count). The number of hydrogen-bond acceptors (Lipinski definition) is 0. The third-order valence-electron chi connectivity index (χ3n) is 1.27. The van der Waals surface area contributed by atoms with Crippen LogP contribution < -0.4 is 0 Å². The lowest BCUT2D eigenvalue weighted by atomic mass is 10.3. The molecule has 7 heavy (non-hydrogen) atoms. The Balaban J connectivity index is 2.05. The fraction of sp³-hybridized carbons (Fsp3) is 0.714. The molecular weight excluding hydrogens is 84.1 g/mol. The minimum absolute atomic E-state index is 0.972. The minimum Gasteiger partial charge on any atom is -0.0885 e. The van der Waals surface area contributed by atoms with E-state index in [4.69, 9.17) is 0 Å². The van der Waals surface area contributed by atoms with Crippen molar-refractivity contribution in [3.05, 3.63) is 12.2 Å². The number of rotatable bonds is 2. The molecule has 0 aliphatic heterocycles. The van der Waals surface area contributed by atoms with Crippen LogP contribution in [0, 0.1) is 5.92 Å². The van der Waals surface area contributed by atoms with Crippen molar-refractivity contribution in [1.29, 1.82) is 0 Å². The van der Waals surface area contributed by atoms with Crippen LogP contribution in [0.3, 0.4) is 0 Å². The summed E-state index contributed by atoms with van der Waals surface area (Å²) < 4.78 is 0. The lowest BCUT2D eigenvalue weighted by Crippen LogP contribution is -1.59. The van der Waals surface area contributed by atoms with E-state index in [9.17, 15) is 0 Å². The van der Waals surface area contributed by atoms with Gasteiger partial charge in [-0.3, -0.25) is 0 Å². The molecule has 0 heterocycles. The Morgan fingerprint density at radius 3 is 2.71 bits per heavy atom. The summed E-state index contributed by atoms with van der Waals surface area (Å²) in [5, 5.41) is 0. The van der Waals surface area contributed by atoms with Gasteiger partial charge in [0.1, 0.15) is 0 Å². The van der Waals surface area contributed by atoms with Crippen LogP contribution in [-0.4, -0.2) is 0 Å². The third-order valence-corrected chi connectivity index (χ3v) is 1.27. The summed E-state index contributed by atoms with van der Waals surface area (Å²) in [6.07, 6.45) is 8.68. The highest BCUT2D eigenvalue weighted by Crippen LogP contribution is 2.29. The summed E-state index contributed by atoms with van der Waals surface area (Å²) in [7, 11) is 0. The fourth-order valence-corrected chi connectivity index (χ4v) is 0.617. The maximum atomic E-state index is 2.33. The predicted molar refractivity (Wildman–Crippen MR) is 32.2 cm³/mol. The monoisotopic (exact) mass is 96.1 g/mol. The first-order valence-electron chi connectivity index (χ1n) is 3.10. The lowest BCUT2D eigenvalue weighted by Gasteiger charge is -1.75. The first-order valence-corrected chi connectivity index (χ1v) is 3.10. The van der Waals surface area contributed by atoms with Crippen LogP contribution in [0.15, 0.2) is 12.2 Å². The van der Waals surface area contributed by atoms with Crippen molar-refractivity contribution in [1.82, 2.24) is 0 Å². The maximum Gasteiger partial charge on any atom is -0.0233 e. The van der Waals surface area contributed by atoms with E-state index in [1.807, 2.05) is 0 Å². The van der Waals surface area contributed by atoms with E-state index >= 15 is 0 Å². The fourth-order valence-electron chi connectivity index (χ4n) is 0.617. The molecule has 0 N–H and O–H groups in total. The van der Waals surface area contributed by atoms with E-state index in [1.54, 1.807) is 0 Å². The summed E-state index contributed by atoms with van der Waals surface area (Å²) in [5.41, 5.74) is 0. The molecule has 0 saturated heterocycles. The Bertz CT molecular complexity index is 68.1. The largest absolute Gasteiger partial charge is 0.0885 e. The average molecular weight is 96.2 g/mol. The molecule has 40 valence electrons. The van der Waals surface area contributed by atoms with Gasteiger partial charge >= 0.3 is 0 Å². The molecular formula is C7H12. The molecule has 0 atom stereocenters. The SMILES string of the molecule is CCC=CC1CC1. The molecule has 0 aromatic rings. The molecule has 0 nitrogen and oxygen atoms in total. The van der Waals surface area contributed by atoms with Crippen LogP contribution in [-0.2, 0) is 0 Å². The Morgan fingerprint density at radius 1 is 1.57 bits per heavy atom. The number of hydrogen-bond donors (Lipinski definition) is 0. The van der Waals surface area contributed by atoms with Gasteiger partial charge in [0.15, 0.2) is 0 Å². The predicted octanol–water partition coefficient (Wildman–Crippen LogP) is 2.36. The molecule has 0 heteroatoms. The Hall–Kier alpha value is -0.260. The normalized spacial score (nSPS) is 21.3. The molecule has 1 fully saturated rings. The van der Waals surface area contributed by atoms with Crippen molar-refractivity contribution in [3.8, 4) is 0 Å². The van der Waals surface area contributed by atoms with Crippen molar-refractivity contribution < 1.29 is 0 Å². The van der Waals surface area contributed by atoms with Gasteiger partial charge in [0.05, 0.1) is 0 Å². The van der Waals surface area contributed by atoms with Crippen molar-refractivity contribution in [2.24, 2.45) is 5.92 Å². The van der Waals surface area contributed by atoms with Crippen LogP contribution in [0.25, 0.3) is 0 Å². The maximum absolute atomic E-state index is 2.33.